The zero-order chi connectivity index (χ0) is 18.8. The molecule has 2 aromatic heterocycles. The minimum Gasteiger partial charge on any atom is -0.378 e. The van der Waals surface area contributed by atoms with E-state index in [9.17, 15) is 4.79 Å². The Bertz CT molecular complexity index is 940. The summed E-state index contributed by atoms with van der Waals surface area (Å²) in [6.07, 6.45) is 3.99. The van der Waals surface area contributed by atoms with E-state index >= 15 is 0 Å². The van der Waals surface area contributed by atoms with Crippen molar-refractivity contribution >= 4 is 17.2 Å². The van der Waals surface area contributed by atoms with Gasteiger partial charge in [-0.25, -0.2) is 4.98 Å². The maximum absolute atomic E-state index is 12.8. The largest absolute Gasteiger partial charge is 0.378 e. The van der Waals surface area contributed by atoms with Crippen LogP contribution in [0.1, 0.15) is 16.1 Å². The van der Waals surface area contributed by atoms with Crippen LogP contribution in [-0.2, 0) is 6.54 Å². The first-order chi connectivity index (χ1) is 13.1. The predicted octanol–water partition coefficient (Wildman–Crippen LogP) is 2.36. The average Bonchev–Trinajstić information content (AvgIpc) is 3.11. The molecule has 140 valence electrons. The zero-order valence-corrected chi connectivity index (χ0v) is 15.9. The number of amides is 1. The Morgan fingerprint density at radius 3 is 2.67 bits per heavy atom. The summed E-state index contributed by atoms with van der Waals surface area (Å²) in [5.41, 5.74) is 3.97. The van der Waals surface area contributed by atoms with Crippen molar-refractivity contribution in [3.8, 4) is 0 Å². The first-order valence-electron chi connectivity index (χ1n) is 9.32. The van der Waals surface area contributed by atoms with Crippen molar-refractivity contribution in [3.05, 3.63) is 66.1 Å². The van der Waals surface area contributed by atoms with Gasteiger partial charge in [-0.15, -0.1) is 0 Å². The molecule has 3 heterocycles. The number of nitrogens with zero attached hydrogens (tertiary/aromatic N) is 5. The number of carbonyl (C=O) groups is 1. The molecule has 0 unspecified atom stereocenters. The Morgan fingerprint density at radius 1 is 1.07 bits per heavy atom. The molecule has 1 aliphatic rings. The van der Waals surface area contributed by atoms with Crippen molar-refractivity contribution < 1.29 is 4.79 Å². The van der Waals surface area contributed by atoms with E-state index in [0.29, 0.717) is 0 Å². The number of hydrogen-bond acceptors (Lipinski definition) is 4. The minimum absolute atomic E-state index is 0.119. The van der Waals surface area contributed by atoms with Gasteiger partial charge >= 0.3 is 0 Å². The SMILES string of the molecule is CN(C)c1cccc(C(=O)N2CCN(Cc3cnc4ccccn34)CC2)c1. The summed E-state index contributed by atoms with van der Waals surface area (Å²) >= 11 is 0. The molecule has 0 radical (unpaired) electrons. The summed E-state index contributed by atoms with van der Waals surface area (Å²) in [5.74, 6) is 0.119. The molecular weight excluding hydrogens is 338 g/mol. The van der Waals surface area contributed by atoms with E-state index < -0.39 is 0 Å². The standard InChI is InChI=1S/C21H25N5O/c1-23(2)18-7-5-6-17(14-18)21(27)25-12-10-24(11-13-25)16-19-15-22-20-8-3-4-9-26(19)20/h3-9,14-15H,10-13,16H2,1-2H3. The van der Waals surface area contributed by atoms with E-state index in [0.717, 1.165) is 49.6 Å². The Morgan fingerprint density at radius 2 is 1.89 bits per heavy atom. The summed E-state index contributed by atoms with van der Waals surface area (Å²) in [6, 6.07) is 13.9. The highest BCUT2D eigenvalue weighted by atomic mass is 16.2. The van der Waals surface area contributed by atoms with Gasteiger partial charge in [0.25, 0.3) is 5.91 Å². The molecule has 1 amide bonds. The van der Waals surface area contributed by atoms with Gasteiger partial charge in [-0.1, -0.05) is 12.1 Å². The average molecular weight is 363 g/mol. The van der Waals surface area contributed by atoms with Crippen molar-refractivity contribution in [2.24, 2.45) is 0 Å². The van der Waals surface area contributed by atoms with Crippen LogP contribution in [0.2, 0.25) is 0 Å². The third kappa shape index (κ3) is 3.66. The van der Waals surface area contributed by atoms with E-state index in [2.05, 4.69) is 20.5 Å². The lowest BCUT2D eigenvalue weighted by Gasteiger charge is -2.34. The zero-order valence-electron chi connectivity index (χ0n) is 15.9. The summed E-state index contributed by atoms with van der Waals surface area (Å²) in [4.78, 5) is 23.7. The highest BCUT2D eigenvalue weighted by molar-refractivity contribution is 5.95. The van der Waals surface area contributed by atoms with Crippen LogP contribution in [0.3, 0.4) is 0 Å². The van der Waals surface area contributed by atoms with Crippen molar-refractivity contribution in [1.82, 2.24) is 19.2 Å². The van der Waals surface area contributed by atoms with Crippen LogP contribution < -0.4 is 4.90 Å². The van der Waals surface area contributed by atoms with Crippen molar-refractivity contribution in [2.45, 2.75) is 6.54 Å². The van der Waals surface area contributed by atoms with E-state index in [1.54, 1.807) is 0 Å². The normalized spacial score (nSPS) is 15.3. The molecule has 27 heavy (non-hydrogen) atoms. The molecule has 0 saturated carbocycles. The molecule has 6 heteroatoms. The maximum atomic E-state index is 12.8. The predicted molar refractivity (Wildman–Crippen MR) is 107 cm³/mol. The van der Waals surface area contributed by atoms with E-state index in [1.165, 1.54) is 5.69 Å². The van der Waals surface area contributed by atoms with Crippen LogP contribution in [0.5, 0.6) is 0 Å². The number of fused-ring (bicyclic) bond motifs is 1. The van der Waals surface area contributed by atoms with Crippen LogP contribution >= 0.6 is 0 Å². The van der Waals surface area contributed by atoms with Gasteiger partial charge < -0.3 is 14.2 Å². The molecule has 0 bridgehead atoms. The summed E-state index contributed by atoms with van der Waals surface area (Å²) in [6.45, 7) is 4.10. The number of aromatic nitrogens is 2. The number of carbonyl (C=O) groups excluding carboxylic acids is 1. The second-order valence-corrected chi connectivity index (χ2v) is 7.19. The number of imidazole rings is 1. The molecule has 4 rings (SSSR count). The van der Waals surface area contributed by atoms with Crippen LogP contribution in [0, 0.1) is 0 Å². The third-order valence-corrected chi connectivity index (χ3v) is 5.15. The Balaban J connectivity index is 1.38. The van der Waals surface area contributed by atoms with Gasteiger partial charge in [-0.2, -0.15) is 0 Å². The van der Waals surface area contributed by atoms with Gasteiger partial charge in [0.05, 0.1) is 11.9 Å². The fraction of sp³-hybridized carbons (Fsp3) is 0.333. The van der Waals surface area contributed by atoms with Gasteiger partial charge in [-0.05, 0) is 30.3 Å². The third-order valence-electron chi connectivity index (χ3n) is 5.15. The minimum atomic E-state index is 0.119. The lowest BCUT2D eigenvalue weighted by molar-refractivity contribution is 0.0627. The molecule has 1 aromatic carbocycles. The molecule has 3 aromatic rings. The smallest absolute Gasteiger partial charge is 0.254 e. The van der Waals surface area contributed by atoms with E-state index in [-0.39, 0.29) is 5.91 Å². The highest BCUT2D eigenvalue weighted by Crippen LogP contribution is 2.17. The number of hydrogen-bond donors (Lipinski definition) is 0. The lowest BCUT2D eigenvalue weighted by atomic mass is 10.1. The quantitative estimate of drug-likeness (QED) is 0.714. The fourth-order valence-corrected chi connectivity index (χ4v) is 3.54. The number of anilines is 1. The maximum Gasteiger partial charge on any atom is 0.254 e. The molecule has 6 nitrogen and oxygen atoms in total. The molecular formula is C21H25N5O. The first kappa shape index (κ1) is 17.5. The van der Waals surface area contributed by atoms with Gasteiger partial charge in [-0.3, -0.25) is 9.69 Å². The van der Waals surface area contributed by atoms with Crippen LogP contribution in [-0.4, -0.2) is 65.4 Å². The first-order valence-corrected chi connectivity index (χ1v) is 9.32. The molecule has 0 N–H and O–H groups in total. The summed E-state index contributed by atoms with van der Waals surface area (Å²) in [5, 5.41) is 0. The van der Waals surface area contributed by atoms with Gasteiger partial charge in [0, 0.05) is 64.3 Å². The summed E-state index contributed by atoms with van der Waals surface area (Å²) < 4.78 is 2.13. The topological polar surface area (TPSA) is 44.1 Å². The number of rotatable bonds is 4. The lowest BCUT2D eigenvalue weighted by Crippen LogP contribution is -2.48. The number of benzene rings is 1. The van der Waals surface area contributed by atoms with Crippen LogP contribution in [0.15, 0.2) is 54.9 Å². The molecule has 1 aliphatic heterocycles. The molecule has 0 atom stereocenters. The number of pyridine rings is 1. The van der Waals surface area contributed by atoms with Crippen molar-refractivity contribution in [2.75, 3.05) is 45.2 Å². The second-order valence-electron chi connectivity index (χ2n) is 7.19. The molecule has 1 fully saturated rings. The molecule has 0 aliphatic carbocycles. The Kier molecular flexibility index (Phi) is 4.81. The van der Waals surface area contributed by atoms with Crippen molar-refractivity contribution in [3.63, 3.8) is 0 Å². The van der Waals surface area contributed by atoms with E-state index in [1.807, 2.05) is 72.6 Å². The second kappa shape index (κ2) is 7.40. The Hall–Kier alpha value is -2.86. The van der Waals surface area contributed by atoms with Crippen LogP contribution in [0.25, 0.3) is 5.65 Å². The van der Waals surface area contributed by atoms with Gasteiger partial charge in [0.15, 0.2) is 0 Å². The highest BCUT2D eigenvalue weighted by Gasteiger charge is 2.23. The summed E-state index contributed by atoms with van der Waals surface area (Å²) in [7, 11) is 3.98. The Labute approximate surface area is 159 Å². The molecule has 1 saturated heterocycles. The molecule has 0 spiro atoms. The van der Waals surface area contributed by atoms with Crippen molar-refractivity contribution in [1.29, 1.82) is 0 Å². The van der Waals surface area contributed by atoms with E-state index in [4.69, 9.17) is 0 Å². The van der Waals surface area contributed by atoms with Gasteiger partial charge in [0.2, 0.25) is 0 Å². The monoisotopic (exact) mass is 363 g/mol. The number of piperazine rings is 1. The van der Waals surface area contributed by atoms with Gasteiger partial charge in [0.1, 0.15) is 5.65 Å². The fourth-order valence-electron chi connectivity index (χ4n) is 3.54. The van der Waals surface area contributed by atoms with Crippen LogP contribution in [0.4, 0.5) is 5.69 Å².